The number of nitrogen functional groups attached to an aromatic ring is 1. The molecule has 4 heteroatoms. The number of fused-ring (bicyclic) bond motifs is 1. The van der Waals surface area contributed by atoms with Gasteiger partial charge in [0.15, 0.2) is 0 Å². The van der Waals surface area contributed by atoms with Crippen LogP contribution >= 0.6 is 0 Å². The topological polar surface area (TPSA) is 56.7 Å². The molecule has 0 amide bonds. The highest BCUT2D eigenvalue weighted by molar-refractivity contribution is 5.77. The van der Waals surface area contributed by atoms with Gasteiger partial charge in [0, 0.05) is 12.2 Å². The minimum atomic E-state index is 0.775. The molecular weight excluding hydrogens is 188 g/mol. The number of nitrogens with two attached hydrogens (primary N) is 1. The maximum Gasteiger partial charge on any atom is 0.113 e. The summed E-state index contributed by atoms with van der Waals surface area (Å²) in [5, 5.41) is 8.26. The van der Waals surface area contributed by atoms with Crippen LogP contribution in [0.2, 0.25) is 0 Å². The van der Waals surface area contributed by atoms with Crippen LogP contribution in [-0.4, -0.2) is 15.0 Å². The zero-order chi connectivity index (χ0) is 10.3. The van der Waals surface area contributed by atoms with Gasteiger partial charge in [-0.2, -0.15) is 0 Å². The smallest absolute Gasteiger partial charge is 0.113 e. The zero-order valence-corrected chi connectivity index (χ0v) is 8.56. The lowest BCUT2D eigenvalue weighted by Crippen LogP contribution is -2.01. The van der Waals surface area contributed by atoms with E-state index >= 15 is 0 Å². The first kappa shape index (κ1) is 8.71. The first-order valence-corrected chi connectivity index (χ1v) is 5.41. The molecule has 2 N–H and O–H groups in total. The first-order valence-electron chi connectivity index (χ1n) is 5.41. The van der Waals surface area contributed by atoms with E-state index < -0.39 is 0 Å². The Kier molecular flexibility index (Phi) is 1.87. The third kappa shape index (κ3) is 1.67. The Labute approximate surface area is 88.1 Å². The lowest BCUT2D eigenvalue weighted by molar-refractivity contribution is 0.544. The Bertz CT molecular complexity index is 484. The molecule has 78 valence electrons. The number of nitrogens with zero attached hydrogens (tertiary/aromatic N) is 3. The van der Waals surface area contributed by atoms with Crippen LogP contribution in [0, 0.1) is 5.92 Å². The van der Waals surface area contributed by atoms with Gasteiger partial charge >= 0.3 is 0 Å². The average Bonchev–Trinajstić information content (AvgIpc) is 2.97. The van der Waals surface area contributed by atoms with E-state index in [0.717, 1.165) is 29.2 Å². The summed E-state index contributed by atoms with van der Waals surface area (Å²) in [6, 6.07) is 5.73. The summed E-state index contributed by atoms with van der Waals surface area (Å²) in [6.07, 6.45) is 3.98. The molecule has 1 aromatic heterocycles. The zero-order valence-electron chi connectivity index (χ0n) is 8.56. The van der Waals surface area contributed by atoms with E-state index in [4.69, 9.17) is 5.73 Å². The van der Waals surface area contributed by atoms with E-state index in [2.05, 4.69) is 10.3 Å². The summed E-state index contributed by atoms with van der Waals surface area (Å²) in [5.41, 5.74) is 8.51. The minimum Gasteiger partial charge on any atom is -0.399 e. The van der Waals surface area contributed by atoms with Crippen molar-refractivity contribution in [3.05, 3.63) is 18.2 Å². The second-order valence-electron chi connectivity index (χ2n) is 4.29. The standard InChI is InChI=1S/C11H14N4/c12-9-3-4-10-11(7-9)15(14-13-10)6-5-8-1-2-8/h3-4,7-8H,1-2,5-6,12H2. The number of anilines is 1. The van der Waals surface area contributed by atoms with Crippen LogP contribution in [0.25, 0.3) is 11.0 Å². The van der Waals surface area contributed by atoms with Gasteiger partial charge in [-0.15, -0.1) is 5.10 Å². The number of aromatic nitrogens is 3. The van der Waals surface area contributed by atoms with E-state index in [9.17, 15) is 0 Å². The number of hydrogen-bond acceptors (Lipinski definition) is 3. The molecule has 1 heterocycles. The summed E-state index contributed by atoms with van der Waals surface area (Å²) < 4.78 is 1.96. The molecule has 0 atom stereocenters. The molecule has 0 saturated heterocycles. The largest absolute Gasteiger partial charge is 0.399 e. The SMILES string of the molecule is Nc1ccc2nnn(CCC3CC3)c2c1. The van der Waals surface area contributed by atoms with Gasteiger partial charge in [0.25, 0.3) is 0 Å². The molecule has 3 rings (SSSR count). The normalized spacial score (nSPS) is 16.0. The van der Waals surface area contributed by atoms with Crippen molar-refractivity contribution in [3.63, 3.8) is 0 Å². The van der Waals surface area contributed by atoms with Crippen LogP contribution in [-0.2, 0) is 6.54 Å². The molecular formula is C11H14N4. The van der Waals surface area contributed by atoms with E-state index in [1.165, 1.54) is 19.3 Å². The summed E-state index contributed by atoms with van der Waals surface area (Å²) >= 11 is 0. The van der Waals surface area contributed by atoms with Crippen LogP contribution in [0.3, 0.4) is 0 Å². The molecule has 4 nitrogen and oxygen atoms in total. The van der Waals surface area contributed by atoms with Crippen LogP contribution in [0.5, 0.6) is 0 Å². The average molecular weight is 202 g/mol. The molecule has 0 radical (unpaired) electrons. The fourth-order valence-electron chi connectivity index (χ4n) is 1.86. The summed E-state index contributed by atoms with van der Waals surface area (Å²) in [7, 11) is 0. The Balaban J connectivity index is 1.91. The molecule has 1 aliphatic carbocycles. The molecule has 0 spiro atoms. The van der Waals surface area contributed by atoms with E-state index in [1.54, 1.807) is 0 Å². The van der Waals surface area contributed by atoms with Crippen molar-refractivity contribution in [2.24, 2.45) is 5.92 Å². The van der Waals surface area contributed by atoms with Gasteiger partial charge < -0.3 is 5.73 Å². The van der Waals surface area contributed by atoms with Gasteiger partial charge in [-0.05, 0) is 30.5 Å². The lowest BCUT2D eigenvalue weighted by Gasteiger charge is -2.01. The minimum absolute atomic E-state index is 0.775. The first-order chi connectivity index (χ1) is 7.33. The molecule has 0 unspecified atom stereocenters. The Morgan fingerprint density at radius 1 is 1.40 bits per heavy atom. The van der Waals surface area contributed by atoms with Crippen LogP contribution in [0.1, 0.15) is 19.3 Å². The Morgan fingerprint density at radius 3 is 3.07 bits per heavy atom. The summed E-state index contributed by atoms with van der Waals surface area (Å²) in [5.74, 6) is 0.922. The van der Waals surface area contributed by atoms with Crippen molar-refractivity contribution in [2.75, 3.05) is 5.73 Å². The Morgan fingerprint density at radius 2 is 2.27 bits per heavy atom. The maximum atomic E-state index is 5.75. The quantitative estimate of drug-likeness (QED) is 0.772. The van der Waals surface area contributed by atoms with E-state index in [1.807, 2.05) is 22.9 Å². The van der Waals surface area contributed by atoms with Gasteiger partial charge in [-0.1, -0.05) is 18.1 Å². The van der Waals surface area contributed by atoms with Crippen molar-refractivity contribution >= 4 is 16.7 Å². The number of benzene rings is 1. The van der Waals surface area contributed by atoms with Crippen molar-refractivity contribution in [3.8, 4) is 0 Å². The van der Waals surface area contributed by atoms with Gasteiger partial charge in [0.1, 0.15) is 5.52 Å². The van der Waals surface area contributed by atoms with Gasteiger partial charge in [0.05, 0.1) is 5.52 Å². The molecule has 1 fully saturated rings. The van der Waals surface area contributed by atoms with Gasteiger partial charge in [-0.25, -0.2) is 4.68 Å². The van der Waals surface area contributed by atoms with Crippen LogP contribution < -0.4 is 5.73 Å². The monoisotopic (exact) mass is 202 g/mol. The third-order valence-corrected chi connectivity index (χ3v) is 2.98. The Hall–Kier alpha value is -1.58. The highest BCUT2D eigenvalue weighted by atomic mass is 15.4. The second-order valence-corrected chi connectivity index (χ2v) is 4.29. The van der Waals surface area contributed by atoms with Gasteiger partial charge in [0.2, 0.25) is 0 Å². The summed E-state index contributed by atoms with van der Waals surface area (Å²) in [4.78, 5) is 0. The van der Waals surface area contributed by atoms with Crippen molar-refractivity contribution in [2.45, 2.75) is 25.8 Å². The fraction of sp³-hybridized carbons (Fsp3) is 0.455. The molecule has 0 aliphatic heterocycles. The second kappa shape index (κ2) is 3.22. The lowest BCUT2D eigenvalue weighted by atomic mass is 10.2. The van der Waals surface area contributed by atoms with Gasteiger partial charge in [-0.3, -0.25) is 0 Å². The van der Waals surface area contributed by atoms with Crippen molar-refractivity contribution in [1.29, 1.82) is 0 Å². The molecule has 1 saturated carbocycles. The van der Waals surface area contributed by atoms with E-state index in [0.29, 0.717) is 0 Å². The molecule has 2 aromatic rings. The van der Waals surface area contributed by atoms with E-state index in [-0.39, 0.29) is 0 Å². The molecule has 1 aromatic carbocycles. The summed E-state index contributed by atoms with van der Waals surface area (Å²) in [6.45, 7) is 0.963. The number of hydrogen-bond donors (Lipinski definition) is 1. The highest BCUT2D eigenvalue weighted by Crippen LogP contribution is 2.32. The van der Waals surface area contributed by atoms with Crippen LogP contribution in [0.15, 0.2) is 18.2 Å². The predicted molar refractivity (Wildman–Crippen MR) is 59.3 cm³/mol. The highest BCUT2D eigenvalue weighted by Gasteiger charge is 2.21. The third-order valence-electron chi connectivity index (χ3n) is 2.98. The van der Waals surface area contributed by atoms with Crippen molar-refractivity contribution in [1.82, 2.24) is 15.0 Å². The maximum absolute atomic E-state index is 5.75. The molecule has 0 bridgehead atoms. The number of aryl methyl sites for hydroxylation is 1. The fourth-order valence-corrected chi connectivity index (χ4v) is 1.86. The molecule has 1 aliphatic rings. The van der Waals surface area contributed by atoms with Crippen LogP contribution in [0.4, 0.5) is 5.69 Å². The van der Waals surface area contributed by atoms with Crippen molar-refractivity contribution < 1.29 is 0 Å². The molecule has 15 heavy (non-hydrogen) atoms. The number of rotatable bonds is 3. The predicted octanol–water partition coefficient (Wildman–Crippen LogP) is 1.81.